The molecule has 1 saturated heterocycles. The first kappa shape index (κ1) is 26.1. The average molecular weight is 591 g/mol. The van der Waals surface area contributed by atoms with Gasteiger partial charge in [0.2, 0.25) is 11.5 Å². The Hall–Kier alpha value is -3.54. The van der Waals surface area contributed by atoms with Crippen LogP contribution in [0.1, 0.15) is 12.7 Å². The monoisotopic (exact) mass is 590 g/mol. The first-order valence-corrected chi connectivity index (χ1v) is 14.4. The van der Waals surface area contributed by atoms with Gasteiger partial charge in [-0.25, -0.2) is 9.78 Å². The number of aliphatic carboxylic acids is 1. The van der Waals surface area contributed by atoms with E-state index in [1.165, 1.54) is 39.8 Å². The topological polar surface area (TPSA) is 186 Å². The summed E-state index contributed by atoms with van der Waals surface area (Å²) in [5.74, 6) is -2.23. The molecule has 2 aliphatic rings. The van der Waals surface area contributed by atoms with Gasteiger partial charge < -0.3 is 21.0 Å². The summed E-state index contributed by atoms with van der Waals surface area (Å²) in [6.07, 6.45) is 3.34. The summed E-state index contributed by atoms with van der Waals surface area (Å²) >= 11 is 4.82. The highest BCUT2D eigenvalue weighted by Gasteiger charge is 2.54. The molecule has 2 amide bonds. The van der Waals surface area contributed by atoms with Crippen molar-refractivity contribution >= 4 is 75.0 Å². The lowest BCUT2D eigenvalue weighted by Crippen LogP contribution is -2.71. The van der Waals surface area contributed by atoms with E-state index in [9.17, 15) is 19.5 Å². The molecule has 0 spiro atoms. The minimum Gasteiger partial charge on any atom is -0.477 e. The number of carbonyl (C=O) groups is 3. The lowest BCUT2D eigenvalue weighted by atomic mass is 10.0. The highest BCUT2D eigenvalue weighted by molar-refractivity contribution is 8.07. The number of hydrogen-bond acceptors (Lipinski definition) is 14. The number of amides is 2. The number of rotatable bonds is 9. The molecule has 4 N–H and O–H groups in total. The van der Waals surface area contributed by atoms with Gasteiger partial charge in [0.1, 0.15) is 23.7 Å². The predicted octanol–water partition coefficient (Wildman–Crippen LogP) is 1.87. The maximum absolute atomic E-state index is 13.1. The summed E-state index contributed by atoms with van der Waals surface area (Å²) in [6, 6.07) is 2.71. The minimum atomic E-state index is -1.23. The maximum atomic E-state index is 13.1. The van der Waals surface area contributed by atoms with Gasteiger partial charge in [-0.2, -0.15) is 9.36 Å². The largest absolute Gasteiger partial charge is 0.477 e. The molecule has 0 radical (unpaired) electrons. The number of oxime groups is 1. The number of nitrogen functional groups attached to an aromatic ring is 1. The Morgan fingerprint density at radius 3 is 2.82 bits per heavy atom. The van der Waals surface area contributed by atoms with Crippen LogP contribution in [0.3, 0.4) is 0 Å². The second-order valence-electron chi connectivity index (χ2n) is 7.59. The molecule has 0 aromatic carbocycles. The molecule has 0 unspecified atom stereocenters. The zero-order chi connectivity index (χ0) is 26.8. The van der Waals surface area contributed by atoms with Crippen LogP contribution >= 0.6 is 46.4 Å². The van der Waals surface area contributed by atoms with Gasteiger partial charge in [-0.3, -0.25) is 19.5 Å². The van der Waals surface area contributed by atoms with Crippen LogP contribution in [0.15, 0.2) is 50.0 Å². The Labute approximate surface area is 231 Å². The third kappa shape index (κ3) is 5.09. The first-order chi connectivity index (χ1) is 18.4. The van der Waals surface area contributed by atoms with E-state index in [-0.39, 0.29) is 29.0 Å². The third-order valence-electron chi connectivity index (χ3n) is 5.25. The molecule has 17 heteroatoms. The van der Waals surface area contributed by atoms with E-state index in [2.05, 4.69) is 29.8 Å². The van der Waals surface area contributed by atoms with Crippen LogP contribution in [0.4, 0.5) is 5.13 Å². The molecular weight excluding hydrogens is 573 g/mol. The van der Waals surface area contributed by atoms with E-state index < -0.39 is 29.2 Å². The fourth-order valence-electron chi connectivity index (χ4n) is 3.59. The molecule has 196 valence electrons. The molecule has 3 aromatic rings. The average Bonchev–Trinajstić information content (AvgIpc) is 3.56. The minimum absolute atomic E-state index is 0.0298. The Bertz CT molecular complexity index is 1460. The number of carboxylic acid groups (broad SMARTS) is 1. The van der Waals surface area contributed by atoms with E-state index >= 15 is 0 Å². The molecule has 2 atom stereocenters. The number of carboxylic acids is 1. The fourth-order valence-corrected chi connectivity index (χ4v) is 7.48. The molecule has 38 heavy (non-hydrogen) atoms. The summed E-state index contributed by atoms with van der Waals surface area (Å²) in [5, 5.41) is 17.8. The van der Waals surface area contributed by atoms with E-state index in [4.69, 9.17) is 10.6 Å². The number of nitrogens with zero attached hydrogens (tertiary/aromatic N) is 6. The second-order valence-corrected chi connectivity index (χ2v) is 11.7. The van der Waals surface area contributed by atoms with Crippen molar-refractivity contribution in [3.05, 3.63) is 46.3 Å². The van der Waals surface area contributed by atoms with E-state index in [1.54, 1.807) is 19.3 Å². The lowest BCUT2D eigenvalue weighted by molar-refractivity contribution is -0.150. The smallest absolute Gasteiger partial charge is 0.353 e. The van der Waals surface area contributed by atoms with Crippen molar-refractivity contribution in [2.75, 3.05) is 18.1 Å². The zero-order valence-corrected chi connectivity index (χ0v) is 22.7. The predicted molar refractivity (Wildman–Crippen MR) is 143 cm³/mol. The molecule has 0 bridgehead atoms. The van der Waals surface area contributed by atoms with Gasteiger partial charge in [-0.05, 0) is 19.1 Å². The number of nitrogens with one attached hydrogen (secondary N) is 1. The molecule has 2 aliphatic heterocycles. The van der Waals surface area contributed by atoms with Gasteiger partial charge in [0.05, 0.1) is 5.69 Å². The van der Waals surface area contributed by atoms with Crippen LogP contribution in [-0.2, 0) is 19.2 Å². The van der Waals surface area contributed by atoms with Crippen molar-refractivity contribution < 1.29 is 24.3 Å². The maximum Gasteiger partial charge on any atom is 0.353 e. The number of thiazole rings is 1. The fraction of sp³-hybridized carbons (Fsp3) is 0.238. The van der Waals surface area contributed by atoms with Crippen LogP contribution in [0.5, 0.6) is 0 Å². The summed E-state index contributed by atoms with van der Waals surface area (Å²) in [5.41, 5.74) is 6.92. The molecule has 5 heterocycles. The number of nitrogens with two attached hydrogens (primary N) is 1. The highest BCUT2D eigenvalue weighted by atomic mass is 32.2. The first-order valence-electron chi connectivity index (χ1n) is 10.9. The number of aromatic nitrogens is 4. The Balaban J connectivity index is 1.33. The summed E-state index contributed by atoms with van der Waals surface area (Å²) < 4.78 is 4.63. The van der Waals surface area contributed by atoms with E-state index in [0.29, 0.717) is 15.0 Å². The number of anilines is 1. The lowest BCUT2D eigenvalue weighted by Gasteiger charge is -2.49. The Kier molecular flexibility index (Phi) is 7.59. The van der Waals surface area contributed by atoms with Crippen LogP contribution in [0.2, 0.25) is 0 Å². The van der Waals surface area contributed by atoms with Crippen molar-refractivity contribution in [3.63, 3.8) is 0 Å². The van der Waals surface area contributed by atoms with Crippen LogP contribution in [0, 0.1) is 0 Å². The molecule has 5 rings (SSSR count). The molecule has 13 nitrogen and oxygen atoms in total. The van der Waals surface area contributed by atoms with Gasteiger partial charge in [0, 0.05) is 45.5 Å². The van der Waals surface area contributed by atoms with Gasteiger partial charge in [-0.15, -0.1) is 23.1 Å². The van der Waals surface area contributed by atoms with Gasteiger partial charge in [0.15, 0.2) is 9.47 Å². The molecule has 0 saturated carbocycles. The number of carbonyl (C=O) groups excluding carboxylic acids is 2. The van der Waals surface area contributed by atoms with Gasteiger partial charge in [0.25, 0.3) is 11.8 Å². The third-order valence-corrected chi connectivity index (χ3v) is 9.27. The second kappa shape index (κ2) is 11.1. The van der Waals surface area contributed by atoms with E-state index in [1.807, 2.05) is 17.5 Å². The van der Waals surface area contributed by atoms with Gasteiger partial charge >= 0.3 is 5.97 Å². The highest BCUT2D eigenvalue weighted by Crippen LogP contribution is 2.46. The van der Waals surface area contributed by atoms with Crippen molar-refractivity contribution in [1.29, 1.82) is 0 Å². The Morgan fingerprint density at radius 1 is 1.34 bits per heavy atom. The summed E-state index contributed by atoms with van der Waals surface area (Å²) in [6.45, 7) is 1.89. The molecular formula is C21H18N8O5S4. The summed E-state index contributed by atoms with van der Waals surface area (Å²) in [4.78, 5) is 57.5. The van der Waals surface area contributed by atoms with Crippen molar-refractivity contribution in [2.45, 2.75) is 22.7 Å². The number of pyridine rings is 1. The molecule has 1 fully saturated rings. The van der Waals surface area contributed by atoms with Crippen LogP contribution in [-0.4, -0.2) is 76.6 Å². The number of fused-ring (bicyclic) bond motifs is 1. The van der Waals surface area contributed by atoms with Crippen LogP contribution < -0.4 is 11.1 Å². The Morgan fingerprint density at radius 2 is 2.13 bits per heavy atom. The SMILES string of the molecule is CCO/N=C(\C(=O)N[C@@H]1C(=O)N2C(C(=O)O)=C(Sc3nc(-c4ccncc4)cs3)CS[C@H]12)c1nsc(N)n1. The number of β-lactam (4-membered cyclic amide) rings is 1. The van der Waals surface area contributed by atoms with Crippen LogP contribution in [0.25, 0.3) is 11.3 Å². The normalized spacial score (nSPS) is 19.1. The van der Waals surface area contributed by atoms with Crippen molar-refractivity contribution in [2.24, 2.45) is 5.16 Å². The zero-order valence-electron chi connectivity index (χ0n) is 19.4. The number of hydrogen-bond donors (Lipinski definition) is 3. The molecule has 0 aliphatic carbocycles. The summed E-state index contributed by atoms with van der Waals surface area (Å²) in [7, 11) is 0. The quantitative estimate of drug-likeness (QED) is 0.187. The van der Waals surface area contributed by atoms with Crippen molar-refractivity contribution in [1.82, 2.24) is 29.5 Å². The standard InChI is InChI=1S/C21H18N8O5S4/c1-2-34-27-12(15-26-20(22)38-28-15)16(30)25-13-17(31)29-14(19(32)33)11(8-35-18(13)29)37-21-24-10(7-36-21)9-3-5-23-6-4-9/h3-7,13,18H,2,8H2,1H3,(H,25,30)(H,32,33)(H2,22,26,28)/b27-12-/t13-,18-/m1/s1. The van der Waals surface area contributed by atoms with Gasteiger partial charge in [-0.1, -0.05) is 16.9 Å². The number of thioether (sulfide) groups is 2. The molecule has 3 aromatic heterocycles. The van der Waals surface area contributed by atoms with Crippen molar-refractivity contribution in [3.8, 4) is 11.3 Å². The van der Waals surface area contributed by atoms with E-state index in [0.717, 1.165) is 22.8 Å².